The maximum atomic E-state index is 11.9. The van der Waals surface area contributed by atoms with Gasteiger partial charge in [-0.05, 0) is 72.8 Å². The van der Waals surface area contributed by atoms with Crippen molar-refractivity contribution in [2.75, 3.05) is 6.61 Å². The molecule has 0 heterocycles. The van der Waals surface area contributed by atoms with Crippen LogP contribution in [0.15, 0.2) is 48.5 Å². The summed E-state index contributed by atoms with van der Waals surface area (Å²) in [6.07, 6.45) is 11.9. The fourth-order valence-corrected chi connectivity index (χ4v) is 4.49. The highest BCUT2D eigenvalue weighted by Crippen LogP contribution is 2.38. The van der Waals surface area contributed by atoms with Gasteiger partial charge in [0.15, 0.2) is 0 Å². The normalized spacial score (nSPS) is 19.1. The summed E-state index contributed by atoms with van der Waals surface area (Å²) >= 11 is 0. The van der Waals surface area contributed by atoms with Gasteiger partial charge < -0.3 is 4.74 Å². The average molecular weight is 393 g/mol. The molecule has 0 saturated heterocycles. The van der Waals surface area contributed by atoms with Gasteiger partial charge in [-0.3, -0.25) is 0 Å². The second-order valence-corrected chi connectivity index (χ2v) is 8.55. The molecule has 1 saturated carbocycles. The monoisotopic (exact) mass is 392 g/mol. The van der Waals surface area contributed by atoms with Crippen LogP contribution in [0.4, 0.5) is 0 Å². The Morgan fingerprint density at radius 1 is 0.828 bits per heavy atom. The molecule has 0 aliphatic heterocycles. The lowest BCUT2D eigenvalue weighted by atomic mass is 9.77. The van der Waals surface area contributed by atoms with E-state index >= 15 is 0 Å². The molecule has 1 aliphatic rings. The maximum Gasteiger partial charge on any atom is 0.338 e. The molecule has 2 heteroatoms. The molecule has 156 valence electrons. The Kier molecular flexibility index (Phi) is 8.34. The smallest absolute Gasteiger partial charge is 0.338 e. The van der Waals surface area contributed by atoms with Gasteiger partial charge in [0.1, 0.15) is 0 Å². The maximum absolute atomic E-state index is 11.9. The number of hydrogen-bond donors (Lipinski definition) is 0. The fourth-order valence-electron chi connectivity index (χ4n) is 4.49. The number of carbonyl (C=O) groups excluding carboxylic acids is 1. The summed E-state index contributed by atoms with van der Waals surface area (Å²) in [5, 5.41) is 0. The molecule has 0 radical (unpaired) electrons. The van der Waals surface area contributed by atoms with Crippen LogP contribution in [0.3, 0.4) is 0 Å². The summed E-state index contributed by atoms with van der Waals surface area (Å²) in [6, 6.07) is 16.8. The third-order valence-electron chi connectivity index (χ3n) is 6.34. The van der Waals surface area contributed by atoms with Gasteiger partial charge in [0.05, 0.1) is 12.2 Å². The van der Waals surface area contributed by atoms with Gasteiger partial charge in [-0.25, -0.2) is 4.79 Å². The van der Waals surface area contributed by atoms with Crippen molar-refractivity contribution in [2.24, 2.45) is 5.92 Å². The minimum Gasteiger partial charge on any atom is -0.462 e. The zero-order valence-corrected chi connectivity index (χ0v) is 18.2. The predicted molar refractivity (Wildman–Crippen MR) is 121 cm³/mol. The van der Waals surface area contributed by atoms with Gasteiger partial charge in [0.2, 0.25) is 0 Å². The van der Waals surface area contributed by atoms with E-state index < -0.39 is 0 Å². The Morgan fingerprint density at radius 2 is 1.45 bits per heavy atom. The molecular weight excluding hydrogens is 356 g/mol. The number of hydrogen-bond acceptors (Lipinski definition) is 2. The largest absolute Gasteiger partial charge is 0.462 e. The second-order valence-electron chi connectivity index (χ2n) is 8.55. The van der Waals surface area contributed by atoms with Crippen LogP contribution < -0.4 is 0 Å². The fraction of sp³-hybridized carbons (Fsp3) is 0.519. The first kappa shape index (κ1) is 21.6. The van der Waals surface area contributed by atoms with Gasteiger partial charge >= 0.3 is 5.97 Å². The predicted octanol–water partition coefficient (Wildman–Crippen LogP) is 7.77. The number of rotatable bonds is 9. The molecule has 0 unspecified atom stereocenters. The molecule has 2 nitrogen and oxygen atoms in total. The lowest BCUT2D eigenvalue weighted by Crippen LogP contribution is -2.13. The van der Waals surface area contributed by atoms with E-state index in [2.05, 4.69) is 31.2 Å². The summed E-state index contributed by atoms with van der Waals surface area (Å²) < 4.78 is 5.20. The molecule has 0 amide bonds. The lowest BCUT2D eigenvalue weighted by molar-refractivity contribution is 0.0505. The highest BCUT2D eigenvalue weighted by molar-refractivity contribution is 5.90. The molecule has 2 aromatic rings. The van der Waals surface area contributed by atoms with Crippen LogP contribution in [0.25, 0.3) is 11.1 Å². The van der Waals surface area contributed by atoms with Crippen LogP contribution in [0.1, 0.15) is 93.5 Å². The van der Waals surface area contributed by atoms with E-state index in [1.165, 1.54) is 62.5 Å². The first-order chi connectivity index (χ1) is 14.2. The number of ether oxygens (including phenoxy) is 1. The van der Waals surface area contributed by atoms with Crippen molar-refractivity contribution in [2.45, 2.75) is 77.6 Å². The Morgan fingerprint density at radius 3 is 2.03 bits per heavy atom. The SMILES string of the molecule is CCCCCC1CCC(c2ccc(-c3ccc(C(=O)OCCC)cc3)cc2)CC1. The van der Waals surface area contributed by atoms with Crippen molar-refractivity contribution in [3.63, 3.8) is 0 Å². The minimum atomic E-state index is -0.237. The zero-order chi connectivity index (χ0) is 20.5. The average Bonchev–Trinajstić information content (AvgIpc) is 2.78. The Balaban J connectivity index is 1.54. The standard InChI is InChI=1S/C27H36O2/c1-3-5-6-7-21-8-10-22(11-9-21)23-12-14-24(15-13-23)25-16-18-26(19-17-25)27(28)29-20-4-2/h12-19,21-22H,3-11,20H2,1-2H3. The first-order valence-corrected chi connectivity index (χ1v) is 11.6. The highest BCUT2D eigenvalue weighted by atomic mass is 16.5. The molecule has 1 fully saturated rings. The number of esters is 1. The van der Waals surface area contributed by atoms with Crippen LogP contribution in [-0.4, -0.2) is 12.6 Å². The minimum absolute atomic E-state index is 0.237. The van der Waals surface area contributed by atoms with Gasteiger partial charge in [-0.15, -0.1) is 0 Å². The molecular formula is C27H36O2. The lowest BCUT2D eigenvalue weighted by Gasteiger charge is -2.29. The van der Waals surface area contributed by atoms with Crippen molar-refractivity contribution in [1.29, 1.82) is 0 Å². The Bertz CT molecular complexity index is 737. The third-order valence-corrected chi connectivity index (χ3v) is 6.34. The van der Waals surface area contributed by atoms with Crippen LogP contribution >= 0.6 is 0 Å². The second kappa shape index (κ2) is 11.2. The molecule has 3 rings (SSSR count). The van der Waals surface area contributed by atoms with Crippen LogP contribution in [0, 0.1) is 5.92 Å². The molecule has 0 bridgehead atoms. The summed E-state index contributed by atoms with van der Waals surface area (Å²) in [5.74, 6) is 1.45. The molecule has 2 aromatic carbocycles. The van der Waals surface area contributed by atoms with E-state index in [0.29, 0.717) is 12.2 Å². The van der Waals surface area contributed by atoms with E-state index in [4.69, 9.17) is 4.74 Å². The first-order valence-electron chi connectivity index (χ1n) is 11.6. The van der Waals surface area contributed by atoms with Gasteiger partial charge in [-0.2, -0.15) is 0 Å². The molecule has 29 heavy (non-hydrogen) atoms. The zero-order valence-electron chi connectivity index (χ0n) is 18.2. The van der Waals surface area contributed by atoms with Crippen LogP contribution in [0.5, 0.6) is 0 Å². The molecule has 0 N–H and O–H groups in total. The number of unbranched alkanes of at least 4 members (excludes halogenated alkanes) is 2. The summed E-state index contributed by atoms with van der Waals surface area (Å²) in [6.45, 7) is 4.76. The van der Waals surface area contributed by atoms with Crippen molar-refractivity contribution in [3.8, 4) is 11.1 Å². The van der Waals surface area contributed by atoms with Gasteiger partial charge in [0, 0.05) is 0 Å². The Labute approximate surface area is 176 Å². The Hall–Kier alpha value is -2.09. The van der Waals surface area contributed by atoms with Gasteiger partial charge in [-0.1, -0.05) is 75.9 Å². The molecule has 0 aromatic heterocycles. The topological polar surface area (TPSA) is 26.3 Å². The van der Waals surface area contributed by atoms with Gasteiger partial charge in [0.25, 0.3) is 0 Å². The van der Waals surface area contributed by atoms with E-state index in [1.54, 1.807) is 0 Å². The van der Waals surface area contributed by atoms with Crippen molar-refractivity contribution < 1.29 is 9.53 Å². The summed E-state index contributed by atoms with van der Waals surface area (Å²) in [5.41, 5.74) is 4.45. The summed E-state index contributed by atoms with van der Waals surface area (Å²) in [4.78, 5) is 11.9. The summed E-state index contributed by atoms with van der Waals surface area (Å²) in [7, 11) is 0. The van der Waals surface area contributed by atoms with Crippen molar-refractivity contribution in [1.82, 2.24) is 0 Å². The third kappa shape index (κ3) is 6.19. The molecule has 1 aliphatic carbocycles. The number of benzene rings is 2. The van der Waals surface area contributed by atoms with Crippen LogP contribution in [-0.2, 0) is 4.74 Å². The molecule has 0 atom stereocenters. The molecule has 0 spiro atoms. The quantitative estimate of drug-likeness (QED) is 0.322. The number of carbonyl (C=O) groups is 1. The highest BCUT2D eigenvalue weighted by Gasteiger charge is 2.22. The van der Waals surface area contributed by atoms with Crippen LogP contribution in [0.2, 0.25) is 0 Å². The van der Waals surface area contributed by atoms with Crippen molar-refractivity contribution in [3.05, 3.63) is 59.7 Å². The van der Waals surface area contributed by atoms with E-state index in [0.717, 1.165) is 23.8 Å². The van der Waals surface area contributed by atoms with E-state index in [-0.39, 0.29) is 5.97 Å². The van der Waals surface area contributed by atoms with Crippen molar-refractivity contribution >= 4 is 5.97 Å². The van der Waals surface area contributed by atoms with E-state index in [1.807, 2.05) is 31.2 Å². The van der Waals surface area contributed by atoms with E-state index in [9.17, 15) is 4.79 Å².